The van der Waals surface area contributed by atoms with Gasteiger partial charge in [0.15, 0.2) is 0 Å². The minimum Gasteiger partial charge on any atom is -0.372 e. The molecule has 1 aliphatic heterocycles. The summed E-state index contributed by atoms with van der Waals surface area (Å²) in [6.07, 6.45) is 6.34. The Morgan fingerprint density at radius 3 is 2.34 bits per heavy atom. The Balaban J connectivity index is 1.62. The summed E-state index contributed by atoms with van der Waals surface area (Å²) < 4.78 is 0. The SMILES string of the molecule is CSCCC(NC(=O)c1ccccc1)C(=O)Nc1ccc(N2CCCCC2)cc1. The molecule has 29 heavy (non-hydrogen) atoms. The molecule has 0 aliphatic carbocycles. The maximum absolute atomic E-state index is 12.8. The van der Waals surface area contributed by atoms with Gasteiger partial charge in [0, 0.05) is 30.0 Å². The number of hydrogen-bond acceptors (Lipinski definition) is 4. The van der Waals surface area contributed by atoms with Crippen LogP contribution in [0.1, 0.15) is 36.0 Å². The van der Waals surface area contributed by atoms with Crippen LogP contribution < -0.4 is 15.5 Å². The molecule has 2 N–H and O–H groups in total. The van der Waals surface area contributed by atoms with E-state index in [-0.39, 0.29) is 11.8 Å². The van der Waals surface area contributed by atoms with Crippen LogP contribution in [0.5, 0.6) is 0 Å². The predicted octanol–water partition coefficient (Wildman–Crippen LogP) is 4.17. The fraction of sp³-hybridized carbons (Fsp3) is 0.391. The van der Waals surface area contributed by atoms with E-state index in [1.807, 2.05) is 36.6 Å². The first-order chi connectivity index (χ1) is 14.2. The third kappa shape index (κ3) is 6.26. The molecule has 2 amide bonds. The lowest BCUT2D eigenvalue weighted by Gasteiger charge is -2.29. The molecule has 0 spiro atoms. The van der Waals surface area contributed by atoms with E-state index >= 15 is 0 Å². The van der Waals surface area contributed by atoms with Gasteiger partial charge in [0.2, 0.25) is 5.91 Å². The largest absolute Gasteiger partial charge is 0.372 e. The highest BCUT2D eigenvalue weighted by Gasteiger charge is 2.21. The number of piperidine rings is 1. The molecule has 2 aromatic carbocycles. The molecule has 1 heterocycles. The lowest BCUT2D eigenvalue weighted by atomic mass is 10.1. The van der Waals surface area contributed by atoms with Crippen LogP contribution in [0.4, 0.5) is 11.4 Å². The smallest absolute Gasteiger partial charge is 0.251 e. The van der Waals surface area contributed by atoms with Crippen LogP contribution in [-0.2, 0) is 4.79 Å². The number of benzene rings is 2. The van der Waals surface area contributed by atoms with E-state index in [0.29, 0.717) is 12.0 Å². The number of carbonyl (C=O) groups excluding carboxylic acids is 2. The Kier molecular flexibility index (Phi) is 7.99. The average Bonchev–Trinajstić information content (AvgIpc) is 2.78. The van der Waals surface area contributed by atoms with Crippen molar-refractivity contribution in [3.8, 4) is 0 Å². The fourth-order valence-corrected chi connectivity index (χ4v) is 3.94. The monoisotopic (exact) mass is 411 g/mol. The van der Waals surface area contributed by atoms with Crippen molar-refractivity contribution in [2.45, 2.75) is 31.7 Å². The van der Waals surface area contributed by atoms with Crippen LogP contribution in [0, 0.1) is 0 Å². The molecule has 1 aliphatic rings. The topological polar surface area (TPSA) is 61.4 Å². The first-order valence-electron chi connectivity index (χ1n) is 10.2. The number of rotatable bonds is 8. The van der Waals surface area contributed by atoms with Gasteiger partial charge in [0.25, 0.3) is 5.91 Å². The number of anilines is 2. The molecule has 1 unspecified atom stereocenters. The second kappa shape index (κ2) is 10.9. The zero-order valence-electron chi connectivity index (χ0n) is 16.9. The molecule has 0 aromatic heterocycles. The molecule has 1 fully saturated rings. The lowest BCUT2D eigenvalue weighted by Crippen LogP contribution is -2.44. The van der Waals surface area contributed by atoms with Crippen molar-refractivity contribution in [3.05, 3.63) is 60.2 Å². The highest BCUT2D eigenvalue weighted by Crippen LogP contribution is 2.22. The second-order valence-corrected chi connectivity index (χ2v) is 8.24. The number of thioether (sulfide) groups is 1. The van der Waals surface area contributed by atoms with E-state index in [1.54, 1.807) is 23.9 Å². The average molecular weight is 412 g/mol. The third-order valence-corrected chi connectivity index (χ3v) is 5.77. The second-order valence-electron chi connectivity index (χ2n) is 7.26. The highest BCUT2D eigenvalue weighted by atomic mass is 32.2. The summed E-state index contributed by atoms with van der Waals surface area (Å²) in [6, 6.07) is 16.4. The lowest BCUT2D eigenvalue weighted by molar-refractivity contribution is -0.118. The fourth-order valence-electron chi connectivity index (χ4n) is 3.47. The van der Waals surface area contributed by atoms with Crippen LogP contribution in [0.2, 0.25) is 0 Å². The van der Waals surface area contributed by atoms with Crippen LogP contribution in [0.25, 0.3) is 0 Å². The maximum Gasteiger partial charge on any atom is 0.251 e. The van der Waals surface area contributed by atoms with Crippen molar-refractivity contribution in [1.29, 1.82) is 0 Å². The van der Waals surface area contributed by atoms with E-state index in [2.05, 4.69) is 27.7 Å². The van der Waals surface area contributed by atoms with E-state index in [4.69, 9.17) is 0 Å². The maximum atomic E-state index is 12.8. The van der Waals surface area contributed by atoms with Crippen LogP contribution in [0.15, 0.2) is 54.6 Å². The molecule has 6 heteroatoms. The number of hydrogen-bond donors (Lipinski definition) is 2. The molecule has 2 aromatic rings. The van der Waals surface area contributed by atoms with E-state index in [0.717, 1.165) is 24.5 Å². The van der Waals surface area contributed by atoms with Gasteiger partial charge >= 0.3 is 0 Å². The summed E-state index contributed by atoms with van der Waals surface area (Å²) in [5.41, 5.74) is 2.50. The first-order valence-corrected chi connectivity index (χ1v) is 11.6. The first kappa shape index (κ1) is 21.2. The molecule has 0 radical (unpaired) electrons. The number of nitrogens with zero attached hydrogens (tertiary/aromatic N) is 1. The minimum atomic E-state index is -0.572. The van der Waals surface area contributed by atoms with Crippen molar-refractivity contribution in [2.24, 2.45) is 0 Å². The van der Waals surface area contributed by atoms with E-state index in [1.165, 1.54) is 24.9 Å². The number of nitrogens with one attached hydrogen (secondary N) is 2. The van der Waals surface area contributed by atoms with Crippen molar-refractivity contribution in [1.82, 2.24) is 5.32 Å². The summed E-state index contributed by atoms with van der Waals surface area (Å²) >= 11 is 1.66. The van der Waals surface area contributed by atoms with Crippen LogP contribution in [0.3, 0.4) is 0 Å². The number of carbonyl (C=O) groups is 2. The summed E-state index contributed by atoms with van der Waals surface area (Å²) in [4.78, 5) is 27.7. The molecule has 0 bridgehead atoms. The van der Waals surface area contributed by atoms with Gasteiger partial charge in [-0.15, -0.1) is 0 Å². The normalized spacial score (nSPS) is 14.9. The zero-order valence-corrected chi connectivity index (χ0v) is 17.7. The Labute approximate surface area is 177 Å². The molecular formula is C23H29N3O2S. The highest BCUT2D eigenvalue weighted by molar-refractivity contribution is 7.98. The summed E-state index contributed by atoms with van der Waals surface area (Å²) in [5.74, 6) is 0.377. The zero-order chi connectivity index (χ0) is 20.5. The molecule has 3 rings (SSSR count). The number of amides is 2. The predicted molar refractivity (Wildman–Crippen MR) is 122 cm³/mol. The van der Waals surface area contributed by atoms with Crippen molar-refractivity contribution in [3.63, 3.8) is 0 Å². The van der Waals surface area contributed by atoms with Crippen LogP contribution >= 0.6 is 11.8 Å². The summed E-state index contributed by atoms with van der Waals surface area (Å²) in [7, 11) is 0. The van der Waals surface area contributed by atoms with Gasteiger partial charge in [-0.3, -0.25) is 9.59 Å². The third-order valence-electron chi connectivity index (χ3n) is 5.12. The van der Waals surface area contributed by atoms with E-state index in [9.17, 15) is 9.59 Å². The van der Waals surface area contributed by atoms with Gasteiger partial charge in [-0.25, -0.2) is 0 Å². The van der Waals surface area contributed by atoms with Crippen molar-refractivity contribution in [2.75, 3.05) is 35.3 Å². The quantitative estimate of drug-likeness (QED) is 0.685. The molecular weight excluding hydrogens is 382 g/mol. The molecule has 5 nitrogen and oxygen atoms in total. The van der Waals surface area contributed by atoms with Gasteiger partial charge in [-0.2, -0.15) is 11.8 Å². The minimum absolute atomic E-state index is 0.186. The Morgan fingerprint density at radius 1 is 1.00 bits per heavy atom. The van der Waals surface area contributed by atoms with Crippen molar-refractivity contribution >= 4 is 35.0 Å². The van der Waals surface area contributed by atoms with Crippen molar-refractivity contribution < 1.29 is 9.59 Å². The Hall–Kier alpha value is -2.47. The summed E-state index contributed by atoms with van der Waals surface area (Å²) in [5, 5.41) is 5.84. The van der Waals surface area contributed by atoms with Gasteiger partial charge in [0.05, 0.1) is 0 Å². The van der Waals surface area contributed by atoms with Gasteiger partial charge in [-0.1, -0.05) is 18.2 Å². The van der Waals surface area contributed by atoms with Gasteiger partial charge in [-0.05, 0) is 74.1 Å². The van der Waals surface area contributed by atoms with Crippen LogP contribution in [-0.4, -0.2) is 43.0 Å². The van der Waals surface area contributed by atoms with Gasteiger partial charge < -0.3 is 15.5 Å². The molecule has 1 atom stereocenters. The molecule has 154 valence electrons. The van der Waals surface area contributed by atoms with E-state index < -0.39 is 6.04 Å². The summed E-state index contributed by atoms with van der Waals surface area (Å²) in [6.45, 7) is 2.18. The molecule has 1 saturated heterocycles. The standard InChI is InChI=1S/C23H29N3O2S/c1-29-17-14-21(25-22(27)18-8-4-2-5-9-18)23(28)24-19-10-12-20(13-11-19)26-15-6-3-7-16-26/h2,4-5,8-13,21H,3,6-7,14-17H2,1H3,(H,24,28)(H,25,27). The Bertz CT molecular complexity index is 790. The van der Waals surface area contributed by atoms with Gasteiger partial charge in [0.1, 0.15) is 6.04 Å². The Morgan fingerprint density at radius 2 is 1.69 bits per heavy atom. The molecule has 0 saturated carbocycles.